The maximum Gasteiger partial charge on any atom is 0.317 e. The van der Waals surface area contributed by atoms with E-state index in [1.54, 1.807) is 0 Å². The van der Waals surface area contributed by atoms with Crippen LogP contribution in [0.3, 0.4) is 0 Å². The molecule has 0 saturated carbocycles. The van der Waals surface area contributed by atoms with Crippen LogP contribution in [0.1, 0.15) is 25.7 Å². The lowest BCUT2D eigenvalue weighted by molar-refractivity contribution is -0.138. The third-order valence-corrected chi connectivity index (χ3v) is 4.82. The summed E-state index contributed by atoms with van der Waals surface area (Å²) < 4.78 is 5.51. The summed E-state index contributed by atoms with van der Waals surface area (Å²) in [5.74, 6) is 1.31. The number of urea groups is 1. The van der Waals surface area contributed by atoms with Crippen molar-refractivity contribution in [1.82, 2.24) is 10.2 Å². The molecule has 7 heteroatoms. The topological polar surface area (TPSA) is 78.9 Å². The number of ether oxygens (including phenoxy) is 1. The average molecular weight is 302 g/mol. The van der Waals surface area contributed by atoms with Gasteiger partial charge in [-0.1, -0.05) is 0 Å². The van der Waals surface area contributed by atoms with E-state index < -0.39 is 5.97 Å². The minimum Gasteiger partial charge on any atom is -0.481 e. The summed E-state index contributed by atoms with van der Waals surface area (Å²) >= 11 is 1.88. The van der Waals surface area contributed by atoms with Crippen molar-refractivity contribution in [3.63, 3.8) is 0 Å². The summed E-state index contributed by atoms with van der Waals surface area (Å²) in [6, 6.07) is 0.346. The first-order chi connectivity index (χ1) is 9.65. The maximum atomic E-state index is 12.1. The molecule has 2 amide bonds. The first kappa shape index (κ1) is 15.4. The Morgan fingerprint density at radius 2 is 2.05 bits per heavy atom. The van der Waals surface area contributed by atoms with Gasteiger partial charge in [0.05, 0.1) is 19.1 Å². The SMILES string of the molecule is O=C(O)CCOC1CCN(C(=O)NC2CCSC2)CC1. The van der Waals surface area contributed by atoms with Gasteiger partial charge in [-0.3, -0.25) is 4.79 Å². The normalized spacial score (nSPS) is 23.8. The van der Waals surface area contributed by atoms with Gasteiger partial charge in [0.25, 0.3) is 0 Å². The summed E-state index contributed by atoms with van der Waals surface area (Å²) in [5, 5.41) is 11.6. The number of amides is 2. The Hall–Kier alpha value is -0.950. The first-order valence-electron chi connectivity index (χ1n) is 7.11. The molecule has 20 heavy (non-hydrogen) atoms. The van der Waals surface area contributed by atoms with Crippen LogP contribution in [0.2, 0.25) is 0 Å². The molecule has 6 nitrogen and oxygen atoms in total. The van der Waals surface area contributed by atoms with Gasteiger partial charge < -0.3 is 20.1 Å². The van der Waals surface area contributed by atoms with Gasteiger partial charge in [0.2, 0.25) is 0 Å². The lowest BCUT2D eigenvalue weighted by Gasteiger charge is -2.32. The van der Waals surface area contributed by atoms with E-state index in [0.717, 1.165) is 30.8 Å². The Kier molecular flexibility index (Phi) is 5.97. The molecule has 2 rings (SSSR count). The van der Waals surface area contributed by atoms with Crippen molar-refractivity contribution in [1.29, 1.82) is 0 Å². The standard InChI is InChI=1S/C13H22N2O4S/c16-12(17)3-7-19-11-1-5-15(6-2-11)13(18)14-10-4-8-20-9-10/h10-11H,1-9H2,(H,14,18)(H,16,17). The predicted molar refractivity (Wildman–Crippen MR) is 77.1 cm³/mol. The van der Waals surface area contributed by atoms with E-state index in [-0.39, 0.29) is 25.2 Å². The molecule has 2 N–H and O–H groups in total. The van der Waals surface area contributed by atoms with Crippen LogP contribution >= 0.6 is 11.8 Å². The number of hydrogen-bond donors (Lipinski definition) is 2. The summed E-state index contributed by atoms with van der Waals surface area (Å²) in [7, 11) is 0. The van der Waals surface area contributed by atoms with Gasteiger partial charge >= 0.3 is 12.0 Å². The van der Waals surface area contributed by atoms with Gasteiger partial charge in [0.15, 0.2) is 0 Å². The minimum absolute atomic E-state index is 0.0292. The average Bonchev–Trinajstić information content (AvgIpc) is 2.92. The van der Waals surface area contributed by atoms with Crippen LogP contribution in [-0.2, 0) is 9.53 Å². The van der Waals surface area contributed by atoms with Gasteiger partial charge in [0, 0.05) is 24.9 Å². The third kappa shape index (κ3) is 4.86. The van der Waals surface area contributed by atoms with Crippen molar-refractivity contribution < 1.29 is 19.4 Å². The van der Waals surface area contributed by atoms with Gasteiger partial charge in [-0.2, -0.15) is 11.8 Å². The summed E-state index contributed by atoms with van der Waals surface area (Å²) in [6.45, 7) is 1.62. The Balaban J connectivity index is 1.62. The molecule has 0 radical (unpaired) electrons. The third-order valence-electron chi connectivity index (χ3n) is 3.66. The molecule has 2 aliphatic rings. The fourth-order valence-corrected chi connectivity index (χ4v) is 3.61. The van der Waals surface area contributed by atoms with Crippen LogP contribution in [0, 0.1) is 0 Å². The highest BCUT2D eigenvalue weighted by molar-refractivity contribution is 7.99. The van der Waals surface area contributed by atoms with Crippen molar-refractivity contribution in [2.45, 2.75) is 37.8 Å². The summed E-state index contributed by atoms with van der Waals surface area (Å²) in [6.07, 6.45) is 2.75. The van der Waals surface area contributed by atoms with Gasteiger partial charge in [-0.05, 0) is 25.0 Å². The second-order valence-corrected chi connectivity index (χ2v) is 6.36. The van der Waals surface area contributed by atoms with Crippen LogP contribution < -0.4 is 5.32 Å². The molecule has 0 aromatic carbocycles. The van der Waals surface area contributed by atoms with Crippen LogP contribution in [0.5, 0.6) is 0 Å². The fraction of sp³-hybridized carbons (Fsp3) is 0.846. The van der Waals surface area contributed by atoms with Crippen molar-refractivity contribution >= 4 is 23.8 Å². The van der Waals surface area contributed by atoms with Gasteiger partial charge in [-0.25, -0.2) is 4.79 Å². The maximum absolute atomic E-state index is 12.1. The number of aliphatic carboxylic acids is 1. The van der Waals surface area contributed by atoms with E-state index >= 15 is 0 Å². The minimum atomic E-state index is -0.837. The summed E-state index contributed by atoms with van der Waals surface area (Å²) in [4.78, 5) is 24.3. The highest BCUT2D eigenvalue weighted by Gasteiger charge is 2.25. The molecule has 2 aliphatic heterocycles. The number of rotatable bonds is 5. The predicted octanol–water partition coefficient (Wildman–Crippen LogP) is 1.16. The van der Waals surface area contributed by atoms with Crippen LogP contribution in [0.25, 0.3) is 0 Å². The molecular formula is C13H22N2O4S. The van der Waals surface area contributed by atoms with Crippen molar-refractivity contribution in [3.05, 3.63) is 0 Å². The van der Waals surface area contributed by atoms with E-state index in [0.29, 0.717) is 19.1 Å². The number of nitrogens with zero attached hydrogens (tertiary/aromatic N) is 1. The molecular weight excluding hydrogens is 280 g/mol. The van der Waals surface area contributed by atoms with Crippen LogP contribution in [0.4, 0.5) is 4.79 Å². The second kappa shape index (κ2) is 7.73. The number of thioether (sulfide) groups is 1. The zero-order chi connectivity index (χ0) is 14.4. The number of carbonyl (C=O) groups excluding carboxylic acids is 1. The zero-order valence-corrected chi connectivity index (χ0v) is 12.4. The van der Waals surface area contributed by atoms with Crippen LogP contribution in [0.15, 0.2) is 0 Å². The molecule has 0 spiro atoms. The zero-order valence-electron chi connectivity index (χ0n) is 11.5. The number of likely N-dealkylation sites (tertiary alicyclic amines) is 1. The molecule has 0 aromatic rings. The highest BCUT2D eigenvalue weighted by Crippen LogP contribution is 2.18. The van der Waals surface area contributed by atoms with E-state index in [9.17, 15) is 9.59 Å². The lowest BCUT2D eigenvalue weighted by Crippen LogP contribution is -2.49. The quantitative estimate of drug-likeness (QED) is 0.796. The molecule has 0 bridgehead atoms. The number of piperidine rings is 1. The van der Waals surface area contributed by atoms with E-state index in [1.807, 2.05) is 16.7 Å². The monoisotopic (exact) mass is 302 g/mol. The Morgan fingerprint density at radius 1 is 1.30 bits per heavy atom. The molecule has 2 saturated heterocycles. The number of carboxylic acids is 1. The van der Waals surface area contributed by atoms with Gasteiger partial charge in [0.1, 0.15) is 0 Å². The van der Waals surface area contributed by atoms with Crippen molar-refractivity contribution in [3.8, 4) is 0 Å². The molecule has 1 atom stereocenters. The van der Waals surface area contributed by atoms with E-state index in [1.165, 1.54) is 0 Å². The molecule has 2 heterocycles. The Morgan fingerprint density at radius 3 is 2.65 bits per heavy atom. The summed E-state index contributed by atoms with van der Waals surface area (Å²) in [5.41, 5.74) is 0. The smallest absolute Gasteiger partial charge is 0.317 e. The Labute approximate surface area is 123 Å². The highest BCUT2D eigenvalue weighted by atomic mass is 32.2. The number of nitrogens with one attached hydrogen (secondary N) is 1. The largest absolute Gasteiger partial charge is 0.481 e. The number of hydrogen-bond acceptors (Lipinski definition) is 4. The fourth-order valence-electron chi connectivity index (χ4n) is 2.45. The van der Waals surface area contributed by atoms with Crippen molar-refractivity contribution in [2.75, 3.05) is 31.2 Å². The number of carboxylic acid groups (broad SMARTS) is 1. The van der Waals surface area contributed by atoms with E-state index in [4.69, 9.17) is 9.84 Å². The second-order valence-electron chi connectivity index (χ2n) is 5.21. The number of carbonyl (C=O) groups is 2. The first-order valence-corrected chi connectivity index (χ1v) is 8.27. The van der Waals surface area contributed by atoms with Crippen LogP contribution in [-0.4, -0.2) is 65.4 Å². The Bertz CT molecular complexity index is 339. The molecule has 114 valence electrons. The molecule has 0 aliphatic carbocycles. The molecule has 2 fully saturated rings. The molecule has 0 aromatic heterocycles. The van der Waals surface area contributed by atoms with Gasteiger partial charge in [-0.15, -0.1) is 0 Å². The lowest BCUT2D eigenvalue weighted by atomic mass is 10.1. The van der Waals surface area contributed by atoms with E-state index in [2.05, 4.69) is 5.32 Å². The molecule has 1 unspecified atom stereocenters. The van der Waals surface area contributed by atoms with Crippen molar-refractivity contribution in [2.24, 2.45) is 0 Å².